The van der Waals surface area contributed by atoms with E-state index in [9.17, 15) is 0 Å². The van der Waals surface area contributed by atoms with Crippen molar-refractivity contribution < 1.29 is 9.47 Å². The number of unbranched alkanes of at least 4 members (excludes halogenated alkanes) is 2. The minimum Gasteiger partial charge on any atom is -0.493 e. The highest BCUT2D eigenvalue weighted by Crippen LogP contribution is 2.30. The average molecular weight is 327 g/mol. The molecule has 0 aliphatic carbocycles. The van der Waals surface area contributed by atoms with Crippen LogP contribution in [0.25, 0.3) is 0 Å². The Morgan fingerprint density at radius 2 is 2.00 bits per heavy atom. The molecule has 1 saturated heterocycles. The van der Waals surface area contributed by atoms with Crippen LogP contribution in [0.5, 0.6) is 11.5 Å². The first kappa shape index (κ1) is 17.4. The first-order valence-corrected chi connectivity index (χ1v) is 8.58. The Hall–Kier alpha value is -0.970. The molecule has 1 aliphatic heterocycles. The highest BCUT2D eigenvalue weighted by atomic mass is 35.5. The van der Waals surface area contributed by atoms with Crippen molar-refractivity contribution in [2.75, 3.05) is 33.4 Å². The molecule has 2 rings (SSSR count). The van der Waals surface area contributed by atoms with E-state index in [1.54, 1.807) is 13.2 Å². The van der Waals surface area contributed by atoms with Crippen LogP contribution in [-0.2, 0) is 0 Å². The molecule has 0 unspecified atom stereocenters. The molecule has 4 nitrogen and oxygen atoms in total. The molecule has 1 aromatic carbocycles. The maximum atomic E-state index is 5.93. The maximum Gasteiger partial charge on any atom is 0.162 e. The van der Waals surface area contributed by atoms with Gasteiger partial charge in [0, 0.05) is 17.1 Å². The fraction of sp³-hybridized carbons (Fsp3) is 0.647. The van der Waals surface area contributed by atoms with Crippen LogP contribution in [0.3, 0.4) is 0 Å². The largest absolute Gasteiger partial charge is 0.493 e. The van der Waals surface area contributed by atoms with Gasteiger partial charge in [-0.05, 0) is 63.9 Å². The Labute approximate surface area is 138 Å². The lowest BCUT2D eigenvalue weighted by Crippen LogP contribution is -2.40. The van der Waals surface area contributed by atoms with E-state index in [0.29, 0.717) is 23.4 Å². The quantitative estimate of drug-likeness (QED) is 0.684. The number of hydrogen-bond acceptors (Lipinski definition) is 4. The number of benzene rings is 1. The van der Waals surface area contributed by atoms with Crippen molar-refractivity contribution >= 4 is 11.6 Å². The van der Waals surface area contributed by atoms with E-state index >= 15 is 0 Å². The second kappa shape index (κ2) is 9.93. The maximum absolute atomic E-state index is 5.93. The molecule has 0 atom stereocenters. The van der Waals surface area contributed by atoms with Gasteiger partial charge in [-0.3, -0.25) is 0 Å². The summed E-state index contributed by atoms with van der Waals surface area (Å²) in [5, 5.41) is 7.69. The fourth-order valence-electron chi connectivity index (χ4n) is 2.68. The summed E-state index contributed by atoms with van der Waals surface area (Å²) in [7, 11) is 1.63. The van der Waals surface area contributed by atoms with Gasteiger partial charge in [-0.25, -0.2) is 0 Å². The van der Waals surface area contributed by atoms with E-state index in [1.165, 1.54) is 25.7 Å². The standard InChI is InChI=1S/C17H27ClN2O2/c1-21-17-13-14(18)5-6-16(17)22-12-4-2-3-9-20-15-7-10-19-11-8-15/h5-6,13,15,19-20H,2-4,7-12H2,1H3. The van der Waals surface area contributed by atoms with Crippen molar-refractivity contribution in [3.63, 3.8) is 0 Å². The predicted octanol–water partition coefficient (Wildman–Crippen LogP) is 3.24. The van der Waals surface area contributed by atoms with Gasteiger partial charge in [0.25, 0.3) is 0 Å². The van der Waals surface area contributed by atoms with E-state index in [2.05, 4.69) is 10.6 Å². The van der Waals surface area contributed by atoms with Crippen LogP contribution < -0.4 is 20.1 Å². The van der Waals surface area contributed by atoms with Gasteiger partial charge in [0.15, 0.2) is 11.5 Å². The smallest absolute Gasteiger partial charge is 0.162 e. The first-order valence-electron chi connectivity index (χ1n) is 8.20. The van der Waals surface area contributed by atoms with Gasteiger partial charge in [0.1, 0.15) is 0 Å². The van der Waals surface area contributed by atoms with Crippen molar-refractivity contribution in [2.24, 2.45) is 0 Å². The van der Waals surface area contributed by atoms with Gasteiger partial charge < -0.3 is 20.1 Å². The molecule has 5 heteroatoms. The van der Waals surface area contributed by atoms with Crippen LogP contribution in [0.4, 0.5) is 0 Å². The number of methoxy groups -OCH3 is 1. The minimum absolute atomic E-state index is 0.660. The van der Waals surface area contributed by atoms with Gasteiger partial charge in [-0.2, -0.15) is 0 Å². The molecule has 0 amide bonds. The highest BCUT2D eigenvalue weighted by molar-refractivity contribution is 6.30. The topological polar surface area (TPSA) is 42.5 Å². The average Bonchev–Trinajstić information content (AvgIpc) is 2.56. The van der Waals surface area contributed by atoms with Crippen molar-refractivity contribution in [1.82, 2.24) is 10.6 Å². The number of halogens is 1. The lowest BCUT2D eigenvalue weighted by Gasteiger charge is -2.23. The molecule has 0 aromatic heterocycles. The Morgan fingerprint density at radius 1 is 1.18 bits per heavy atom. The lowest BCUT2D eigenvalue weighted by molar-refractivity contribution is 0.284. The van der Waals surface area contributed by atoms with E-state index < -0.39 is 0 Å². The molecule has 0 saturated carbocycles. The monoisotopic (exact) mass is 326 g/mol. The molecule has 1 fully saturated rings. The zero-order chi connectivity index (χ0) is 15.6. The highest BCUT2D eigenvalue weighted by Gasteiger charge is 2.11. The molecule has 2 N–H and O–H groups in total. The zero-order valence-electron chi connectivity index (χ0n) is 13.4. The van der Waals surface area contributed by atoms with Crippen LogP contribution in [-0.4, -0.2) is 39.4 Å². The molecule has 0 bridgehead atoms. The van der Waals surface area contributed by atoms with Crippen molar-refractivity contribution in [1.29, 1.82) is 0 Å². The molecule has 0 radical (unpaired) electrons. The molecule has 1 aliphatic rings. The van der Waals surface area contributed by atoms with Gasteiger partial charge in [0.05, 0.1) is 13.7 Å². The third kappa shape index (κ3) is 6.03. The van der Waals surface area contributed by atoms with Gasteiger partial charge >= 0.3 is 0 Å². The second-order valence-electron chi connectivity index (χ2n) is 5.68. The minimum atomic E-state index is 0.660. The third-order valence-corrected chi connectivity index (χ3v) is 4.21. The van der Waals surface area contributed by atoms with Crippen molar-refractivity contribution in [2.45, 2.75) is 38.1 Å². The lowest BCUT2D eigenvalue weighted by atomic mass is 10.1. The number of rotatable bonds is 9. The van der Waals surface area contributed by atoms with Crippen molar-refractivity contribution in [3.8, 4) is 11.5 Å². The van der Waals surface area contributed by atoms with Gasteiger partial charge in [-0.15, -0.1) is 0 Å². The van der Waals surface area contributed by atoms with E-state index in [1.807, 2.05) is 12.1 Å². The van der Waals surface area contributed by atoms with Gasteiger partial charge in [-0.1, -0.05) is 11.6 Å². The summed E-state index contributed by atoms with van der Waals surface area (Å²) in [6.07, 6.45) is 5.93. The predicted molar refractivity (Wildman–Crippen MR) is 91.2 cm³/mol. The first-order chi connectivity index (χ1) is 10.8. The number of nitrogens with one attached hydrogen (secondary N) is 2. The number of hydrogen-bond donors (Lipinski definition) is 2. The van der Waals surface area contributed by atoms with E-state index in [0.717, 1.165) is 31.8 Å². The van der Waals surface area contributed by atoms with E-state index in [4.69, 9.17) is 21.1 Å². The number of piperidine rings is 1. The van der Waals surface area contributed by atoms with Crippen LogP contribution in [0.2, 0.25) is 5.02 Å². The molecular weight excluding hydrogens is 300 g/mol. The summed E-state index contributed by atoms with van der Waals surface area (Å²) in [5.74, 6) is 1.46. The van der Waals surface area contributed by atoms with E-state index in [-0.39, 0.29) is 0 Å². The number of ether oxygens (including phenoxy) is 2. The Balaban J connectivity index is 1.54. The SMILES string of the molecule is COc1cc(Cl)ccc1OCCCCCNC1CCNCC1. The zero-order valence-corrected chi connectivity index (χ0v) is 14.1. The molecule has 1 heterocycles. The third-order valence-electron chi connectivity index (χ3n) is 3.98. The summed E-state index contributed by atoms with van der Waals surface area (Å²) in [6, 6.07) is 6.16. The summed E-state index contributed by atoms with van der Waals surface area (Å²) < 4.78 is 11.0. The fourth-order valence-corrected chi connectivity index (χ4v) is 2.84. The van der Waals surface area contributed by atoms with Gasteiger partial charge in [0.2, 0.25) is 0 Å². The Bertz CT molecular complexity index is 437. The van der Waals surface area contributed by atoms with Crippen LogP contribution in [0, 0.1) is 0 Å². The molecular formula is C17H27ClN2O2. The summed E-state index contributed by atoms with van der Waals surface area (Å²) in [5.41, 5.74) is 0. The Kier molecular flexibility index (Phi) is 7.85. The van der Waals surface area contributed by atoms with Crippen LogP contribution in [0.1, 0.15) is 32.1 Å². The van der Waals surface area contributed by atoms with Crippen molar-refractivity contribution in [3.05, 3.63) is 23.2 Å². The summed E-state index contributed by atoms with van der Waals surface area (Å²) in [4.78, 5) is 0. The Morgan fingerprint density at radius 3 is 2.77 bits per heavy atom. The summed E-state index contributed by atoms with van der Waals surface area (Å²) >= 11 is 5.93. The molecule has 1 aromatic rings. The normalized spacial score (nSPS) is 15.7. The van der Waals surface area contributed by atoms with Crippen LogP contribution in [0.15, 0.2) is 18.2 Å². The molecule has 124 valence electrons. The molecule has 22 heavy (non-hydrogen) atoms. The molecule has 0 spiro atoms. The second-order valence-corrected chi connectivity index (χ2v) is 6.12. The van der Waals surface area contributed by atoms with Crippen LogP contribution >= 0.6 is 11.6 Å². The summed E-state index contributed by atoms with van der Waals surface area (Å²) in [6.45, 7) is 4.11.